The number of halogens is 2. The summed E-state index contributed by atoms with van der Waals surface area (Å²) >= 11 is 0. The number of carboxylic acids is 1. The fraction of sp³-hybridized carbons (Fsp3) is 0.300. The maximum atomic E-state index is 12.7. The Balaban J connectivity index is 0.00000225. The molecule has 16 heavy (non-hydrogen) atoms. The summed E-state index contributed by atoms with van der Waals surface area (Å²) in [5, 5.41) is 8.37. The number of hydrogen-bond acceptors (Lipinski definition) is 3. The van der Waals surface area contributed by atoms with Crippen LogP contribution in [0.15, 0.2) is 18.2 Å². The number of benzene rings is 1. The zero-order valence-electron chi connectivity index (χ0n) is 8.48. The van der Waals surface area contributed by atoms with Crippen LogP contribution in [0.3, 0.4) is 0 Å². The summed E-state index contributed by atoms with van der Waals surface area (Å²) in [7, 11) is 0. The van der Waals surface area contributed by atoms with E-state index in [1.807, 2.05) is 0 Å². The predicted molar refractivity (Wildman–Crippen MR) is 60.4 cm³/mol. The number of carboxylic acid groups (broad SMARTS) is 1. The topological polar surface area (TPSA) is 72.5 Å². The van der Waals surface area contributed by atoms with Gasteiger partial charge >= 0.3 is 5.97 Å². The van der Waals surface area contributed by atoms with Crippen LogP contribution in [0.5, 0.6) is 5.75 Å². The number of carbonyl (C=O) groups is 1. The molecular formula is C10H13ClFNO3. The molecule has 1 aromatic rings. The number of anilines is 1. The van der Waals surface area contributed by atoms with E-state index in [2.05, 4.69) is 0 Å². The van der Waals surface area contributed by atoms with Crippen molar-refractivity contribution >= 4 is 24.1 Å². The van der Waals surface area contributed by atoms with Gasteiger partial charge in [0, 0.05) is 12.5 Å². The Kier molecular flexibility index (Phi) is 6.25. The third kappa shape index (κ3) is 4.84. The van der Waals surface area contributed by atoms with Crippen molar-refractivity contribution in [2.75, 3.05) is 12.3 Å². The Morgan fingerprint density at radius 2 is 2.19 bits per heavy atom. The molecule has 0 spiro atoms. The van der Waals surface area contributed by atoms with Crippen molar-refractivity contribution in [3.05, 3.63) is 24.0 Å². The first-order valence-electron chi connectivity index (χ1n) is 4.49. The molecule has 1 rings (SSSR count). The van der Waals surface area contributed by atoms with Crippen molar-refractivity contribution in [1.29, 1.82) is 0 Å². The van der Waals surface area contributed by atoms with E-state index in [0.29, 0.717) is 12.2 Å². The molecule has 0 atom stereocenters. The van der Waals surface area contributed by atoms with Crippen LogP contribution in [0, 0.1) is 5.82 Å². The number of rotatable bonds is 5. The molecule has 0 saturated carbocycles. The van der Waals surface area contributed by atoms with Crippen molar-refractivity contribution < 1.29 is 19.0 Å². The number of nitrogen functional groups attached to an aromatic ring is 1. The van der Waals surface area contributed by atoms with E-state index in [9.17, 15) is 9.18 Å². The molecule has 90 valence electrons. The average molecular weight is 250 g/mol. The second-order valence-electron chi connectivity index (χ2n) is 3.03. The van der Waals surface area contributed by atoms with E-state index in [4.69, 9.17) is 15.6 Å². The highest BCUT2D eigenvalue weighted by molar-refractivity contribution is 5.85. The van der Waals surface area contributed by atoms with Crippen LogP contribution < -0.4 is 10.5 Å². The van der Waals surface area contributed by atoms with E-state index >= 15 is 0 Å². The normalized spacial score (nSPS) is 9.31. The molecule has 1 aromatic carbocycles. The summed E-state index contributed by atoms with van der Waals surface area (Å²) in [6, 6.07) is 4.03. The molecule has 0 heterocycles. The first-order chi connectivity index (χ1) is 7.09. The van der Waals surface area contributed by atoms with Crippen LogP contribution in [0.1, 0.15) is 12.8 Å². The largest absolute Gasteiger partial charge is 0.494 e. The molecule has 0 aromatic heterocycles. The minimum atomic E-state index is -0.864. The van der Waals surface area contributed by atoms with Crippen LogP contribution in [0.2, 0.25) is 0 Å². The van der Waals surface area contributed by atoms with Crippen LogP contribution >= 0.6 is 12.4 Å². The lowest BCUT2D eigenvalue weighted by Crippen LogP contribution is -2.02. The fourth-order valence-electron chi connectivity index (χ4n) is 1.03. The highest BCUT2D eigenvalue weighted by atomic mass is 35.5. The van der Waals surface area contributed by atoms with Gasteiger partial charge in [0.15, 0.2) is 0 Å². The van der Waals surface area contributed by atoms with Gasteiger partial charge in [-0.15, -0.1) is 12.4 Å². The average Bonchev–Trinajstić information content (AvgIpc) is 2.18. The highest BCUT2D eigenvalue weighted by Crippen LogP contribution is 2.18. The van der Waals surface area contributed by atoms with Gasteiger partial charge < -0.3 is 15.6 Å². The van der Waals surface area contributed by atoms with Crippen molar-refractivity contribution in [1.82, 2.24) is 0 Å². The number of ether oxygens (including phenoxy) is 1. The minimum Gasteiger partial charge on any atom is -0.494 e. The smallest absolute Gasteiger partial charge is 0.303 e. The summed E-state index contributed by atoms with van der Waals surface area (Å²) in [5.74, 6) is -0.913. The van der Waals surface area contributed by atoms with Gasteiger partial charge in [0.1, 0.15) is 11.6 Å². The SMILES string of the molecule is Cl.Nc1cc(OCCCC(=O)O)ccc1F. The lowest BCUT2D eigenvalue weighted by Gasteiger charge is -2.05. The van der Waals surface area contributed by atoms with Gasteiger partial charge in [-0.05, 0) is 18.6 Å². The minimum absolute atomic E-state index is 0. The van der Waals surface area contributed by atoms with E-state index in [1.165, 1.54) is 18.2 Å². The van der Waals surface area contributed by atoms with Crippen molar-refractivity contribution in [3.63, 3.8) is 0 Å². The third-order valence-electron chi connectivity index (χ3n) is 1.77. The number of hydrogen-bond donors (Lipinski definition) is 2. The van der Waals surface area contributed by atoms with Gasteiger partial charge in [-0.3, -0.25) is 4.79 Å². The Bertz CT molecular complexity index is 360. The van der Waals surface area contributed by atoms with E-state index in [-0.39, 0.29) is 31.1 Å². The lowest BCUT2D eigenvalue weighted by atomic mass is 10.3. The fourth-order valence-corrected chi connectivity index (χ4v) is 1.03. The van der Waals surface area contributed by atoms with Crippen LogP contribution in [-0.2, 0) is 4.79 Å². The standard InChI is InChI=1S/C10H12FNO3.ClH/c11-8-4-3-7(6-9(8)12)15-5-1-2-10(13)14;/h3-4,6H,1-2,5,12H2,(H,13,14);1H. The Labute approximate surface area is 98.6 Å². The second-order valence-corrected chi connectivity index (χ2v) is 3.03. The molecule has 0 aliphatic heterocycles. The zero-order chi connectivity index (χ0) is 11.3. The molecular weight excluding hydrogens is 237 g/mol. The number of nitrogens with two attached hydrogens (primary N) is 1. The van der Waals surface area contributed by atoms with E-state index in [1.54, 1.807) is 0 Å². The van der Waals surface area contributed by atoms with Gasteiger partial charge in [-0.25, -0.2) is 4.39 Å². The van der Waals surface area contributed by atoms with Gasteiger partial charge in [-0.1, -0.05) is 0 Å². The molecule has 0 amide bonds. The lowest BCUT2D eigenvalue weighted by molar-refractivity contribution is -0.137. The maximum Gasteiger partial charge on any atom is 0.303 e. The van der Waals surface area contributed by atoms with Crippen LogP contribution in [0.4, 0.5) is 10.1 Å². The van der Waals surface area contributed by atoms with Crippen molar-refractivity contribution in [2.24, 2.45) is 0 Å². The molecule has 0 unspecified atom stereocenters. The third-order valence-corrected chi connectivity index (χ3v) is 1.77. The number of aliphatic carboxylic acids is 1. The summed E-state index contributed by atoms with van der Waals surface area (Å²) < 4.78 is 17.9. The second kappa shape index (κ2) is 6.90. The summed E-state index contributed by atoms with van der Waals surface area (Å²) in [6.07, 6.45) is 0.462. The maximum absolute atomic E-state index is 12.7. The molecule has 0 radical (unpaired) electrons. The van der Waals surface area contributed by atoms with Crippen LogP contribution in [0.25, 0.3) is 0 Å². The van der Waals surface area contributed by atoms with Gasteiger partial charge in [-0.2, -0.15) is 0 Å². The van der Waals surface area contributed by atoms with E-state index in [0.717, 1.165) is 0 Å². The Hall–Kier alpha value is -1.49. The van der Waals surface area contributed by atoms with Crippen molar-refractivity contribution in [3.8, 4) is 5.75 Å². The van der Waals surface area contributed by atoms with Crippen LogP contribution in [-0.4, -0.2) is 17.7 Å². The molecule has 0 saturated heterocycles. The molecule has 0 aliphatic rings. The van der Waals surface area contributed by atoms with Gasteiger partial charge in [0.2, 0.25) is 0 Å². The van der Waals surface area contributed by atoms with Crippen molar-refractivity contribution in [2.45, 2.75) is 12.8 Å². The van der Waals surface area contributed by atoms with E-state index < -0.39 is 11.8 Å². The Morgan fingerprint density at radius 3 is 2.75 bits per heavy atom. The molecule has 0 bridgehead atoms. The molecule has 3 N–H and O–H groups in total. The van der Waals surface area contributed by atoms with Gasteiger partial charge in [0.05, 0.1) is 12.3 Å². The Morgan fingerprint density at radius 1 is 1.50 bits per heavy atom. The van der Waals surface area contributed by atoms with Gasteiger partial charge in [0.25, 0.3) is 0 Å². The highest BCUT2D eigenvalue weighted by Gasteiger charge is 2.01. The monoisotopic (exact) mass is 249 g/mol. The summed E-state index contributed by atoms with van der Waals surface area (Å²) in [5.41, 5.74) is 5.34. The predicted octanol–water partition coefficient (Wildman–Crippen LogP) is 2.07. The first kappa shape index (κ1) is 14.5. The first-order valence-corrected chi connectivity index (χ1v) is 4.49. The molecule has 4 nitrogen and oxygen atoms in total. The molecule has 0 fully saturated rings. The quantitative estimate of drug-likeness (QED) is 0.619. The summed E-state index contributed by atoms with van der Waals surface area (Å²) in [6.45, 7) is 0.275. The summed E-state index contributed by atoms with van der Waals surface area (Å²) in [4.78, 5) is 10.2. The molecule has 0 aliphatic carbocycles. The zero-order valence-corrected chi connectivity index (χ0v) is 9.30. The molecule has 6 heteroatoms.